The van der Waals surface area contributed by atoms with Gasteiger partial charge in [-0.2, -0.15) is 0 Å². The smallest absolute Gasteiger partial charge is 0.129 e. The van der Waals surface area contributed by atoms with E-state index >= 15 is 0 Å². The summed E-state index contributed by atoms with van der Waals surface area (Å²) in [5.74, 6) is 0. The molecule has 16 heavy (non-hydrogen) atoms. The van der Waals surface area contributed by atoms with Crippen LogP contribution in [0.4, 0.5) is 0 Å². The second-order valence-electron chi connectivity index (χ2n) is 4.52. The van der Waals surface area contributed by atoms with Crippen molar-refractivity contribution in [2.45, 2.75) is 32.5 Å². The summed E-state index contributed by atoms with van der Waals surface area (Å²) in [6.07, 6.45) is 1.86. The minimum absolute atomic E-state index is 0.560. The molecule has 2 unspecified atom stereocenters. The van der Waals surface area contributed by atoms with E-state index in [0.29, 0.717) is 17.2 Å². The Balaban J connectivity index is 2.04. The van der Waals surface area contributed by atoms with E-state index in [2.05, 4.69) is 35.1 Å². The summed E-state index contributed by atoms with van der Waals surface area (Å²) in [6, 6.07) is 5.05. The van der Waals surface area contributed by atoms with Crippen LogP contribution in [-0.4, -0.2) is 35.1 Å². The van der Waals surface area contributed by atoms with Crippen LogP contribution in [0.25, 0.3) is 0 Å². The number of piperazine rings is 1. The van der Waals surface area contributed by atoms with E-state index in [4.69, 9.17) is 11.6 Å². The highest BCUT2D eigenvalue weighted by Gasteiger charge is 2.24. The third-order valence-electron chi connectivity index (χ3n) is 3.17. The number of nitrogens with one attached hydrogen (secondary N) is 1. The predicted molar refractivity (Wildman–Crippen MR) is 66.6 cm³/mol. The predicted octanol–water partition coefficient (Wildman–Crippen LogP) is 1.92. The fraction of sp³-hybridized carbons (Fsp3) is 0.583. The van der Waals surface area contributed by atoms with E-state index in [0.717, 1.165) is 19.6 Å². The standard InChI is InChI=1S/C12H18ClN3/c1-9-5-14-6-10(2)16(9)8-11-3-4-12(13)15-7-11/h3-4,7,9-10,14H,5-6,8H2,1-2H3. The molecule has 0 spiro atoms. The molecule has 4 heteroatoms. The molecule has 2 heterocycles. The number of aromatic nitrogens is 1. The molecule has 1 aromatic rings. The lowest BCUT2D eigenvalue weighted by Crippen LogP contribution is -2.54. The highest BCUT2D eigenvalue weighted by atomic mass is 35.5. The zero-order valence-corrected chi connectivity index (χ0v) is 10.5. The van der Waals surface area contributed by atoms with Gasteiger partial charge in [-0.3, -0.25) is 4.90 Å². The molecule has 2 rings (SSSR count). The number of nitrogens with zero attached hydrogens (tertiary/aromatic N) is 2. The molecular weight excluding hydrogens is 222 g/mol. The van der Waals surface area contributed by atoms with Crippen LogP contribution in [0.2, 0.25) is 5.15 Å². The van der Waals surface area contributed by atoms with Gasteiger partial charge in [0.2, 0.25) is 0 Å². The molecular formula is C12H18ClN3. The van der Waals surface area contributed by atoms with E-state index in [-0.39, 0.29) is 0 Å². The Labute approximate surface area is 102 Å². The van der Waals surface area contributed by atoms with Gasteiger partial charge in [-0.05, 0) is 25.5 Å². The average molecular weight is 240 g/mol. The Hall–Kier alpha value is -0.640. The number of hydrogen-bond acceptors (Lipinski definition) is 3. The van der Waals surface area contributed by atoms with Gasteiger partial charge in [0.15, 0.2) is 0 Å². The molecule has 0 aromatic carbocycles. The van der Waals surface area contributed by atoms with Gasteiger partial charge in [0.1, 0.15) is 5.15 Å². The Morgan fingerprint density at radius 2 is 2.06 bits per heavy atom. The molecule has 1 fully saturated rings. The molecule has 2 atom stereocenters. The van der Waals surface area contributed by atoms with Gasteiger partial charge in [0, 0.05) is 37.9 Å². The molecule has 0 saturated carbocycles. The lowest BCUT2D eigenvalue weighted by Gasteiger charge is -2.39. The topological polar surface area (TPSA) is 28.2 Å². The fourth-order valence-electron chi connectivity index (χ4n) is 2.19. The molecule has 0 bridgehead atoms. The molecule has 0 radical (unpaired) electrons. The number of halogens is 1. The summed E-state index contributed by atoms with van der Waals surface area (Å²) >= 11 is 5.78. The molecule has 0 aliphatic carbocycles. The average Bonchev–Trinajstić information content (AvgIpc) is 2.26. The molecule has 1 aliphatic rings. The van der Waals surface area contributed by atoms with E-state index < -0.39 is 0 Å². The lowest BCUT2D eigenvalue weighted by molar-refractivity contribution is 0.108. The van der Waals surface area contributed by atoms with E-state index in [1.54, 1.807) is 0 Å². The van der Waals surface area contributed by atoms with Crippen molar-refractivity contribution in [1.29, 1.82) is 0 Å². The van der Waals surface area contributed by atoms with Crippen molar-refractivity contribution in [3.05, 3.63) is 29.0 Å². The van der Waals surface area contributed by atoms with Gasteiger partial charge >= 0.3 is 0 Å². The zero-order chi connectivity index (χ0) is 11.5. The van der Waals surface area contributed by atoms with Crippen molar-refractivity contribution < 1.29 is 0 Å². The van der Waals surface area contributed by atoms with Crippen molar-refractivity contribution in [3.8, 4) is 0 Å². The SMILES string of the molecule is CC1CNCC(C)N1Cc1ccc(Cl)nc1. The van der Waals surface area contributed by atoms with Gasteiger partial charge in [0.05, 0.1) is 0 Å². The monoisotopic (exact) mass is 239 g/mol. The van der Waals surface area contributed by atoms with Crippen molar-refractivity contribution in [3.63, 3.8) is 0 Å². The molecule has 0 amide bonds. The Morgan fingerprint density at radius 1 is 1.38 bits per heavy atom. The van der Waals surface area contributed by atoms with Gasteiger partial charge < -0.3 is 5.32 Å². The first-order chi connectivity index (χ1) is 7.66. The van der Waals surface area contributed by atoms with E-state index in [1.165, 1.54) is 5.56 Å². The first-order valence-electron chi connectivity index (χ1n) is 5.73. The maximum atomic E-state index is 5.78. The van der Waals surface area contributed by atoms with Gasteiger partial charge in [-0.25, -0.2) is 4.98 Å². The molecule has 1 aliphatic heterocycles. The maximum absolute atomic E-state index is 5.78. The maximum Gasteiger partial charge on any atom is 0.129 e. The Bertz CT molecular complexity index is 329. The first-order valence-corrected chi connectivity index (χ1v) is 6.11. The summed E-state index contributed by atoms with van der Waals surface area (Å²) in [5, 5.41) is 3.99. The molecule has 1 aromatic heterocycles. The van der Waals surface area contributed by atoms with Gasteiger partial charge in [0.25, 0.3) is 0 Å². The summed E-state index contributed by atoms with van der Waals surface area (Å²) in [6.45, 7) is 7.59. The van der Waals surface area contributed by atoms with Crippen molar-refractivity contribution in [1.82, 2.24) is 15.2 Å². The highest BCUT2D eigenvalue weighted by Crippen LogP contribution is 2.15. The third-order valence-corrected chi connectivity index (χ3v) is 3.39. The normalized spacial score (nSPS) is 26.9. The minimum Gasteiger partial charge on any atom is -0.314 e. The molecule has 1 saturated heterocycles. The molecule has 3 nitrogen and oxygen atoms in total. The van der Waals surface area contributed by atoms with Gasteiger partial charge in [-0.15, -0.1) is 0 Å². The van der Waals surface area contributed by atoms with Crippen molar-refractivity contribution >= 4 is 11.6 Å². The minimum atomic E-state index is 0.560. The van der Waals surface area contributed by atoms with Crippen LogP contribution in [0.5, 0.6) is 0 Å². The summed E-state index contributed by atoms with van der Waals surface area (Å²) < 4.78 is 0. The first kappa shape index (κ1) is 11.8. The van der Waals surface area contributed by atoms with Gasteiger partial charge in [-0.1, -0.05) is 17.7 Å². The number of pyridine rings is 1. The second-order valence-corrected chi connectivity index (χ2v) is 4.91. The van der Waals surface area contributed by atoms with Crippen LogP contribution in [-0.2, 0) is 6.54 Å². The van der Waals surface area contributed by atoms with E-state index in [9.17, 15) is 0 Å². The fourth-order valence-corrected chi connectivity index (χ4v) is 2.30. The van der Waals surface area contributed by atoms with Crippen LogP contribution in [0.15, 0.2) is 18.3 Å². The number of rotatable bonds is 2. The van der Waals surface area contributed by atoms with Crippen LogP contribution in [0.1, 0.15) is 19.4 Å². The van der Waals surface area contributed by atoms with Crippen LogP contribution >= 0.6 is 11.6 Å². The molecule has 88 valence electrons. The quantitative estimate of drug-likeness (QED) is 0.800. The summed E-state index contributed by atoms with van der Waals surface area (Å²) in [7, 11) is 0. The largest absolute Gasteiger partial charge is 0.314 e. The summed E-state index contributed by atoms with van der Waals surface area (Å²) in [4.78, 5) is 6.62. The zero-order valence-electron chi connectivity index (χ0n) is 9.78. The Kier molecular flexibility index (Phi) is 3.79. The summed E-state index contributed by atoms with van der Waals surface area (Å²) in [5.41, 5.74) is 1.23. The van der Waals surface area contributed by atoms with Crippen LogP contribution in [0.3, 0.4) is 0 Å². The lowest BCUT2D eigenvalue weighted by atomic mass is 10.1. The second kappa shape index (κ2) is 5.13. The third kappa shape index (κ3) is 2.73. The van der Waals surface area contributed by atoms with Crippen molar-refractivity contribution in [2.75, 3.05) is 13.1 Å². The highest BCUT2D eigenvalue weighted by molar-refractivity contribution is 6.29. The van der Waals surface area contributed by atoms with Crippen LogP contribution in [0, 0.1) is 0 Å². The van der Waals surface area contributed by atoms with Crippen molar-refractivity contribution in [2.24, 2.45) is 0 Å². The Morgan fingerprint density at radius 3 is 2.62 bits per heavy atom. The number of hydrogen-bond donors (Lipinski definition) is 1. The molecule has 1 N–H and O–H groups in total. The van der Waals surface area contributed by atoms with Crippen LogP contribution < -0.4 is 5.32 Å². The van der Waals surface area contributed by atoms with E-state index in [1.807, 2.05) is 12.3 Å².